The largest absolute Gasteiger partial charge is 0.332 e. The molecule has 0 fully saturated rings. The van der Waals surface area contributed by atoms with Gasteiger partial charge in [0.15, 0.2) is 5.03 Å². The van der Waals surface area contributed by atoms with E-state index >= 15 is 0 Å². The first-order chi connectivity index (χ1) is 9.46. The normalized spacial score (nSPS) is 11.1. The van der Waals surface area contributed by atoms with Crippen molar-refractivity contribution in [2.24, 2.45) is 0 Å². The molecule has 1 aromatic heterocycles. The van der Waals surface area contributed by atoms with E-state index < -0.39 is 15.8 Å². The number of halogens is 1. The lowest BCUT2D eigenvalue weighted by Gasteiger charge is -2.07. The number of rotatable bonds is 4. The Morgan fingerprint density at radius 2 is 2.25 bits per heavy atom. The molecule has 6 nitrogen and oxygen atoms in total. The Hall–Kier alpha value is -2.40. The summed E-state index contributed by atoms with van der Waals surface area (Å²) in [5.41, 5.74) is -0.0784. The summed E-state index contributed by atoms with van der Waals surface area (Å²) >= 11 is 0. The summed E-state index contributed by atoms with van der Waals surface area (Å²) in [7, 11) is -3.89. The van der Waals surface area contributed by atoms with Crippen LogP contribution in [0.15, 0.2) is 29.4 Å². The molecule has 0 bridgehead atoms. The number of anilines is 1. The second kappa shape index (κ2) is 5.30. The number of hydrogen-bond acceptors (Lipinski definition) is 4. The molecule has 0 aliphatic rings. The molecule has 0 amide bonds. The summed E-state index contributed by atoms with van der Waals surface area (Å²) in [4.78, 5) is 6.55. The van der Waals surface area contributed by atoms with Gasteiger partial charge >= 0.3 is 0 Å². The van der Waals surface area contributed by atoms with Crippen molar-refractivity contribution in [2.75, 3.05) is 4.72 Å². The van der Waals surface area contributed by atoms with Crippen LogP contribution in [0.2, 0.25) is 0 Å². The molecule has 0 saturated heterocycles. The van der Waals surface area contributed by atoms with Crippen LogP contribution in [0.3, 0.4) is 0 Å². The maximum atomic E-state index is 13.0. The summed E-state index contributed by atoms with van der Waals surface area (Å²) in [5, 5.41) is 8.77. The Morgan fingerprint density at radius 3 is 2.85 bits per heavy atom. The van der Waals surface area contributed by atoms with Gasteiger partial charge in [-0.3, -0.25) is 4.72 Å². The van der Waals surface area contributed by atoms with Crippen molar-refractivity contribution >= 4 is 15.7 Å². The first kappa shape index (κ1) is 14.0. The fourth-order valence-corrected chi connectivity index (χ4v) is 2.58. The number of aromatic nitrogens is 2. The standard InChI is InChI=1S/C12H11FN4O2S/c1-2-11-15-7-12(16-11)20(18,19)17-10-4-3-9(13)5-8(10)6-14/h3-5,7,17H,2H2,1H3,(H,15,16). The van der Waals surface area contributed by atoms with Gasteiger partial charge in [-0.25, -0.2) is 9.37 Å². The molecule has 2 N–H and O–H groups in total. The Kier molecular flexibility index (Phi) is 3.72. The minimum atomic E-state index is -3.89. The third-order valence-electron chi connectivity index (χ3n) is 2.58. The number of nitriles is 1. The number of imidazole rings is 1. The van der Waals surface area contributed by atoms with Crippen molar-refractivity contribution in [3.05, 3.63) is 41.6 Å². The summed E-state index contributed by atoms with van der Waals surface area (Å²) in [6.45, 7) is 1.83. The second-order valence-electron chi connectivity index (χ2n) is 3.95. The zero-order valence-corrected chi connectivity index (χ0v) is 11.3. The van der Waals surface area contributed by atoms with Gasteiger partial charge in [-0.1, -0.05) is 6.92 Å². The predicted octanol–water partition coefficient (Wildman–Crippen LogP) is 1.78. The monoisotopic (exact) mass is 294 g/mol. The zero-order chi connectivity index (χ0) is 14.8. The van der Waals surface area contributed by atoms with E-state index in [0.29, 0.717) is 12.2 Å². The Bertz CT molecular complexity index is 777. The summed E-state index contributed by atoms with van der Waals surface area (Å²) in [6.07, 6.45) is 1.76. The highest BCUT2D eigenvalue weighted by molar-refractivity contribution is 7.92. The molecule has 0 unspecified atom stereocenters. The lowest BCUT2D eigenvalue weighted by atomic mass is 10.2. The fourth-order valence-electron chi connectivity index (χ4n) is 1.56. The number of aromatic amines is 1. The molecule has 0 saturated carbocycles. The Balaban J connectivity index is 2.36. The summed E-state index contributed by atoms with van der Waals surface area (Å²) in [5.74, 6) is -0.0794. The molecule has 0 aliphatic carbocycles. The highest BCUT2D eigenvalue weighted by atomic mass is 32.2. The summed E-state index contributed by atoms with van der Waals surface area (Å²) in [6, 6.07) is 4.96. The molecular weight excluding hydrogens is 283 g/mol. The number of nitrogens with zero attached hydrogens (tertiary/aromatic N) is 2. The van der Waals surface area contributed by atoms with Crippen LogP contribution in [-0.2, 0) is 16.4 Å². The number of hydrogen-bond donors (Lipinski definition) is 2. The van der Waals surface area contributed by atoms with Crippen LogP contribution in [0.25, 0.3) is 0 Å². The van der Waals surface area contributed by atoms with Gasteiger partial charge in [0.05, 0.1) is 17.4 Å². The molecule has 0 radical (unpaired) electrons. The molecule has 0 aliphatic heterocycles. The molecule has 0 spiro atoms. The number of sulfonamides is 1. The molecule has 104 valence electrons. The predicted molar refractivity (Wildman–Crippen MR) is 69.9 cm³/mol. The van der Waals surface area contributed by atoms with Crippen LogP contribution in [0, 0.1) is 17.1 Å². The molecule has 2 aromatic rings. The lowest BCUT2D eigenvalue weighted by molar-refractivity contribution is 0.597. The highest BCUT2D eigenvalue weighted by Crippen LogP contribution is 2.20. The average Bonchev–Trinajstić information content (AvgIpc) is 2.90. The number of nitrogens with one attached hydrogen (secondary N) is 2. The molecule has 8 heteroatoms. The first-order valence-corrected chi connectivity index (χ1v) is 7.21. The lowest BCUT2D eigenvalue weighted by Crippen LogP contribution is -2.14. The van der Waals surface area contributed by atoms with Crippen molar-refractivity contribution in [3.8, 4) is 6.07 Å². The van der Waals surface area contributed by atoms with Gasteiger partial charge in [0.2, 0.25) is 0 Å². The van der Waals surface area contributed by atoms with Crippen LogP contribution >= 0.6 is 0 Å². The molecule has 20 heavy (non-hydrogen) atoms. The minimum absolute atomic E-state index is 0.0153. The second-order valence-corrected chi connectivity index (χ2v) is 5.61. The van der Waals surface area contributed by atoms with Gasteiger partial charge in [-0.15, -0.1) is 0 Å². The van der Waals surface area contributed by atoms with Gasteiger partial charge in [-0.05, 0) is 18.2 Å². The quantitative estimate of drug-likeness (QED) is 0.898. The smallest absolute Gasteiger partial charge is 0.279 e. The van der Waals surface area contributed by atoms with E-state index in [0.717, 1.165) is 12.1 Å². The highest BCUT2D eigenvalue weighted by Gasteiger charge is 2.18. The van der Waals surface area contributed by atoms with Crippen molar-refractivity contribution in [1.82, 2.24) is 9.97 Å². The maximum absolute atomic E-state index is 13.0. The zero-order valence-electron chi connectivity index (χ0n) is 10.5. The minimum Gasteiger partial charge on any atom is -0.332 e. The van der Waals surface area contributed by atoms with Crippen LogP contribution < -0.4 is 4.72 Å². The van der Waals surface area contributed by atoms with Crippen molar-refractivity contribution < 1.29 is 12.8 Å². The van der Waals surface area contributed by atoms with E-state index in [9.17, 15) is 12.8 Å². The maximum Gasteiger partial charge on any atom is 0.279 e. The number of aryl methyl sites for hydroxylation is 1. The first-order valence-electron chi connectivity index (χ1n) is 5.72. The van der Waals surface area contributed by atoms with Crippen LogP contribution in [0.1, 0.15) is 18.3 Å². The Labute approximate surface area is 115 Å². The van der Waals surface area contributed by atoms with E-state index in [1.54, 1.807) is 6.07 Å². The van der Waals surface area contributed by atoms with Crippen molar-refractivity contribution in [2.45, 2.75) is 18.4 Å². The third kappa shape index (κ3) is 2.78. The topological polar surface area (TPSA) is 98.6 Å². The van der Waals surface area contributed by atoms with Crippen LogP contribution in [-0.4, -0.2) is 18.4 Å². The molecule has 1 aromatic carbocycles. The van der Waals surface area contributed by atoms with Gasteiger partial charge in [0.25, 0.3) is 10.0 Å². The number of H-pyrrole nitrogens is 1. The third-order valence-corrected chi connectivity index (χ3v) is 3.85. The van der Waals surface area contributed by atoms with Gasteiger partial charge in [0, 0.05) is 6.42 Å². The summed E-state index contributed by atoms with van der Waals surface area (Å²) < 4.78 is 39.4. The van der Waals surface area contributed by atoms with Gasteiger partial charge in [-0.2, -0.15) is 13.7 Å². The van der Waals surface area contributed by atoms with E-state index in [2.05, 4.69) is 14.7 Å². The van der Waals surface area contributed by atoms with Crippen LogP contribution in [0.4, 0.5) is 10.1 Å². The molecular formula is C12H11FN4O2S. The fraction of sp³-hybridized carbons (Fsp3) is 0.167. The SMILES string of the molecule is CCc1ncc(S(=O)(=O)Nc2ccc(F)cc2C#N)[nH]1. The number of benzene rings is 1. The molecule has 2 rings (SSSR count). The van der Waals surface area contributed by atoms with Crippen molar-refractivity contribution in [1.29, 1.82) is 5.26 Å². The Morgan fingerprint density at radius 1 is 1.50 bits per heavy atom. The van der Waals surface area contributed by atoms with E-state index in [1.165, 1.54) is 12.3 Å². The average molecular weight is 294 g/mol. The van der Waals surface area contributed by atoms with Gasteiger partial charge < -0.3 is 4.98 Å². The van der Waals surface area contributed by atoms with E-state index in [1.807, 2.05) is 6.92 Å². The molecule has 0 atom stereocenters. The van der Waals surface area contributed by atoms with Crippen LogP contribution in [0.5, 0.6) is 0 Å². The van der Waals surface area contributed by atoms with Gasteiger partial charge in [0.1, 0.15) is 17.7 Å². The van der Waals surface area contributed by atoms with E-state index in [4.69, 9.17) is 5.26 Å². The van der Waals surface area contributed by atoms with Crippen molar-refractivity contribution in [3.63, 3.8) is 0 Å². The van der Waals surface area contributed by atoms with E-state index in [-0.39, 0.29) is 16.3 Å². The molecule has 1 heterocycles.